The monoisotopic (exact) mass is 228 g/mol. The first-order chi connectivity index (χ1) is 7.28. The van der Waals surface area contributed by atoms with Crippen LogP contribution < -0.4 is 5.11 Å². The molecule has 0 heterocycles. The second-order valence-corrected chi connectivity index (χ2v) is 4.66. The summed E-state index contributed by atoms with van der Waals surface area (Å²) in [5, 5.41) is 11.3. The van der Waals surface area contributed by atoms with Gasteiger partial charge in [-0.05, 0) is 6.42 Å². The first kappa shape index (κ1) is 14.6. The van der Waals surface area contributed by atoms with E-state index in [1.807, 2.05) is 0 Å². The molecule has 0 aliphatic rings. The molecular weight excluding hydrogens is 210 g/mol. The van der Waals surface area contributed by atoms with Gasteiger partial charge in [0, 0.05) is 11.5 Å². The van der Waals surface area contributed by atoms with Gasteiger partial charge >= 0.3 is 0 Å². The van der Waals surface area contributed by atoms with Gasteiger partial charge in [0.15, 0.2) is 0 Å². The highest BCUT2D eigenvalue weighted by Crippen LogP contribution is 2.08. The van der Waals surface area contributed by atoms with Crippen LogP contribution in [0.4, 0.5) is 0 Å². The average molecular weight is 228 g/mol. The first-order valence-electron chi connectivity index (χ1n) is 5.13. The van der Waals surface area contributed by atoms with E-state index in [1.165, 1.54) is 0 Å². The minimum absolute atomic E-state index is 0.228. The van der Waals surface area contributed by atoms with Crippen LogP contribution in [0.3, 0.4) is 0 Å². The maximum atomic E-state index is 11.3. The van der Waals surface area contributed by atoms with Crippen molar-refractivity contribution in [2.45, 2.75) is 45.8 Å². The number of hydrogen-bond donors (Lipinski definition) is 0. The number of carbonyl (C=O) groups excluding carboxylic acids is 2. The predicted octanol–water partition coefficient (Wildman–Crippen LogP) is 0.310. The fraction of sp³-hybridized carbons (Fsp3) is 0.727. The van der Waals surface area contributed by atoms with Crippen molar-refractivity contribution in [2.75, 3.05) is 0 Å². The zero-order chi connectivity index (χ0) is 12.8. The Morgan fingerprint density at radius 3 is 2.31 bits per heavy atom. The molecule has 0 radical (unpaired) electrons. The summed E-state index contributed by atoms with van der Waals surface area (Å²) in [5.41, 5.74) is -0.635. The van der Waals surface area contributed by atoms with Crippen LogP contribution in [0.1, 0.15) is 34.1 Å². The third-order valence-corrected chi connectivity index (χ3v) is 1.67. The molecule has 0 amide bonds. The quantitative estimate of drug-likeness (QED) is 0.385. The fourth-order valence-corrected chi connectivity index (χ4v) is 0.999. The fourth-order valence-electron chi connectivity index (χ4n) is 0.999. The summed E-state index contributed by atoms with van der Waals surface area (Å²) < 4.78 is 4.93. The van der Waals surface area contributed by atoms with Gasteiger partial charge in [0.25, 0.3) is 0 Å². The van der Waals surface area contributed by atoms with Crippen LogP contribution in [0.5, 0.6) is 0 Å². The summed E-state index contributed by atoms with van der Waals surface area (Å²) in [6.45, 7) is 6.80. The van der Waals surface area contributed by atoms with Gasteiger partial charge in [-0.3, -0.25) is 4.99 Å². The molecule has 0 aliphatic heterocycles. The molecular formula is C11H18NO4-. The summed E-state index contributed by atoms with van der Waals surface area (Å²) in [7, 11) is 0. The number of carbonyl (C=O) groups is 2. The molecule has 2 atom stereocenters. The third-order valence-electron chi connectivity index (χ3n) is 1.67. The second kappa shape index (κ2) is 6.25. The topological polar surface area (TPSA) is 78.8 Å². The molecule has 0 saturated carbocycles. The van der Waals surface area contributed by atoms with E-state index in [0.29, 0.717) is 6.29 Å². The van der Waals surface area contributed by atoms with Crippen LogP contribution in [0.15, 0.2) is 4.99 Å². The van der Waals surface area contributed by atoms with Gasteiger partial charge in [0.1, 0.15) is 24.7 Å². The molecule has 0 saturated heterocycles. The molecule has 0 bridgehead atoms. The Hall–Kier alpha value is -1.39. The van der Waals surface area contributed by atoms with Crippen LogP contribution >= 0.6 is 0 Å². The zero-order valence-electron chi connectivity index (χ0n) is 10.1. The number of aldehydes is 2. The van der Waals surface area contributed by atoms with Crippen molar-refractivity contribution in [3.63, 3.8) is 0 Å². The van der Waals surface area contributed by atoms with E-state index in [0.717, 1.165) is 6.29 Å². The van der Waals surface area contributed by atoms with Gasteiger partial charge in [0.2, 0.25) is 0 Å². The van der Waals surface area contributed by atoms with Gasteiger partial charge in [0.05, 0.1) is 0 Å². The largest absolute Gasteiger partial charge is 0.595 e. The molecule has 0 aromatic rings. The summed E-state index contributed by atoms with van der Waals surface area (Å²) in [5.74, 6) is -0.304. The van der Waals surface area contributed by atoms with E-state index in [1.54, 1.807) is 27.7 Å². The van der Waals surface area contributed by atoms with E-state index < -0.39 is 17.7 Å². The molecule has 0 N–H and O–H groups in total. The molecule has 5 heteroatoms. The normalized spacial score (nSPS) is 16.4. The molecule has 0 spiro atoms. The summed E-state index contributed by atoms with van der Waals surface area (Å²) >= 11 is 0. The summed E-state index contributed by atoms with van der Waals surface area (Å²) in [4.78, 5) is 24.6. The van der Waals surface area contributed by atoms with Crippen molar-refractivity contribution in [3.05, 3.63) is 0 Å². The van der Waals surface area contributed by atoms with Crippen molar-refractivity contribution in [1.29, 1.82) is 0 Å². The lowest BCUT2D eigenvalue weighted by Gasteiger charge is -2.30. The van der Waals surface area contributed by atoms with Crippen molar-refractivity contribution < 1.29 is 19.4 Å². The van der Waals surface area contributed by atoms with Crippen LogP contribution in [0.25, 0.3) is 0 Å². The lowest BCUT2D eigenvalue weighted by Crippen LogP contribution is -2.33. The maximum Gasteiger partial charge on any atom is 0.146 e. The number of hydrogen-bond acceptors (Lipinski definition) is 5. The van der Waals surface area contributed by atoms with Crippen molar-refractivity contribution in [2.24, 2.45) is 10.9 Å². The molecule has 5 nitrogen and oxygen atoms in total. The average Bonchev–Trinajstić information content (AvgIpc) is 2.13. The van der Waals surface area contributed by atoms with Gasteiger partial charge in [-0.15, -0.1) is 0 Å². The van der Waals surface area contributed by atoms with Crippen molar-refractivity contribution in [3.8, 4) is 0 Å². The standard InChI is InChI=1S/C11H19NO4/c1-8(6-13)5-9(7-14)12-10(15)16-11(2,3)4/h6-9H,5H2,1-4H3,(H,12,15)/p-1/t8-,9-/m0/s1. The van der Waals surface area contributed by atoms with Crippen LogP contribution in [0.2, 0.25) is 0 Å². The SMILES string of the molecule is C[C@H](C=O)C[C@@H](C=O)N=C([O-])OC(C)(C)C. The van der Waals surface area contributed by atoms with E-state index in [2.05, 4.69) is 4.99 Å². The zero-order valence-corrected chi connectivity index (χ0v) is 10.1. The van der Waals surface area contributed by atoms with Gasteiger partial charge in [-0.2, -0.15) is 0 Å². The number of nitrogens with zero attached hydrogens (tertiary/aromatic N) is 1. The van der Waals surface area contributed by atoms with Gasteiger partial charge in [-0.1, -0.05) is 27.7 Å². The van der Waals surface area contributed by atoms with E-state index in [-0.39, 0.29) is 12.3 Å². The van der Waals surface area contributed by atoms with E-state index in [9.17, 15) is 14.7 Å². The Bertz CT molecular complexity index is 268. The lowest BCUT2D eigenvalue weighted by molar-refractivity contribution is -0.260. The molecule has 92 valence electrons. The molecule has 0 aromatic carbocycles. The Balaban J connectivity index is 4.44. The molecule has 0 rings (SSSR count). The van der Waals surface area contributed by atoms with Crippen LogP contribution in [0, 0.1) is 5.92 Å². The lowest BCUT2D eigenvalue weighted by atomic mass is 10.1. The number of ether oxygens (including phenoxy) is 1. The number of aliphatic imine (C=N–C) groups is 1. The Morgan fingerprint density at radius 2 is 1.94 bits per heavy atom. The Morgan fingerprint density at radius 1 is 1.38 bits per heavy atom. The predicted molar refractivity (Wildman–Crippen MR) is 58.0 cm³/mol. The molecule has 16 heavy (non-hydrogen) atoms. The minimum Gasteiger partial charge on any atom is -0.595 e. The van der Waals surface area contributed by atoms with Gasteiger partial charge < -0.3 is 19.4 Å². The highest BCUT2D eigenvalue weighted by Gasteiger charge is 2.11. The molecule has 0 fully saturated rings. The van der Waals surface area contributed by atoms with Crippen LogP contribution in [-0.4, -0.2) is 30.3 Å². The third kappa shape index (κ3) is 6.98. The number of rotatable bonds is 5. The van der Waals surface area contributed by atoms with E-state index in [4.69, 9.17) is 4.74 Å². The van der Waals surface area contributed by atoms with Crippen LogP contribution in [-0.2, 0) is 14.3 Å². The summed E-state index contributed by atoms with van der Waals surface area (Å²) in [6.07, 6.45) is 0.722. The highest BCUT2D eigenvalue weighted by atomic mass is 16.6. The molecule has 0 aliphatic carbocycles. The second-order valence-electron chi connectivity index (χ2n) is 4.66. The molecule has 0 aromatic heterocycles. The Kier molecular flexibility index (Phi) is 5.71. The summed E-state index contributed by atoms with van der Waals surface area (Å²) in [6, 6.07) is -0.810. The highest BCUT2D eigenvalue weighted by molar-refractivity contribution is 5.68. The molecule has 0 unspecified atom stereocenters. The first-order valence-corrected chi connectivity index (χ1v) is 5.13. The van der Waals surface area contributed by atoms with Crippen molar-refractivity contribution >= 4 is 18.7 Å². The van der Waals surface area contributed by atoms with E-state index >= 15 is 0 Å². The Labute approximate surface area is 95.5 Å². The minimum atomic E-state index is -0.810. The smallest absolute Gasteiger partial charge is 0.146 e. The van der Waals surface area contributed by atoms with Crippen molar-refractivity contribution in [1.82, 2.24) is 0 Å². The maximum absolute atomic E-state index is 11.3. The van der Waals surface area contributed by atoms with Gasteiger partial charge in [-0.25, -0.2) is 0 Å².